The van der Waals surface area contributed by atoms with Gasteiger partial charge in [-0.15, -0.1) is 0 Å². The van der Waals surface area contributed by atoms with Crippen LogP contribution in [0.2, 0.25) is 0 Å². The summed E-state index contributed by atoms with van der Waals surface area (Å²) in [6, 6.07) is 5.36. The summed E-state index contributed by atoms with van der Waals surface area (Å²) < 4.78 is 5.60. The second kappa shape index (κ2) is 12.6. The van der Waals surface area contributed by atoms with Crippen LogP contribution in [0.1, 0.15) is 74.4 Å². The van der Waals surface area contributed by atoms with Crippen molar-refractivity contribution in [3.05, 3.63) is 34.9 Å². The van der Waals surface area contributed by atoms with Crippen molar-refractivity contribution in [1.82, 2.24) is 9.80 Å². The zero-order valence-electron chi connectivity index (χ0n) is 21.2. The maximum Gasteiger partial charge on any atom is 1.00 e. The molecule has 0 radical (unpaired) electrons. The number of carbonyl (C=O) groups excluding carboxylic acids is 2. The molecule has 0 aromatic heterocycles. The van der Waals surface area contributed by atoms with Crippen LogP contribution in [-0.2, 0) is 16.0 Å². The van der Waals surface area contributed by atoms with Gasteiger partial charge in [0.2, 0.25) is 5.91 Å². The van der Waals surface area contributed by atoms with Gasteiger partial charge >= 0.3 is 30.9 Å². The van der Waals surface area contributed by atoms with Crippen LogP contribution in [0.3, 0.4) is 0 Å². The average Bonchev–Trinajstić information content (AvgIpc) is 3.55. The standard InChI is InChI=1S/C25H36N2O5.Li.H2O/c1-17-15-20(23(29)30)6-5-19(17)7-10-22(28)26-13-11-18(12-14-26)16-27(21-8-9-21)24(31)32-25(2,3)4;;/h5-6,15,18,21H,7-14,16H2,1-4H3,(H,29,30);;1H2/q;+1;/p-1. The van der Waals surface area contributed by atoms with Crippen molar-refractivity contribution in [2.45, 2.75) is 77.9 Å². The Hall–Kier alpha value is -2.01. The first-order valence-corrected chi connectivity index (χ1v) is 11.6. The average molecular weight is 469 g/mol. The molecule has 0 bridgehead atoms. The summed E-state index contributed by atoms with van der Waals surface area (Å²) in [5, 5.41) is 9.09. The molecule has 2 aliphatic rings. The third kappa shape index (κ3) is 8.65. The smallest absolute Gasteiger partial charge is 0.870 e. The molecule has 8 nitrogen and oxygen atoms in total. The Balaban J connectivity index is 0.00000289. The number of ether oxygens (including phenoxy) is 1. The third-order valence-electron chi connectivity index (χ3n) is 6.24. The number of hydrogen-bond acceptors (Lipinski definition) is 5. The number of nitrogens with zero attached hydrogens (tertiary/aromatic N) is 2. The van der Waals surface area contributed by atoms with Gasteiger partial charge in [-0.2, -0.15) is 0 Å². The van der Waals surface area contributed by atoms with Crippen molar-refractivity contribution in [2.75, 3.05) is 19.6 Å². The summed E-state index contributed by atoms with van der Waals surface area (Å²) in [5.41, 5.74) is 1.69. The normalized spacial score (nSPS) is 16.2. The van der Waals surface area contributed by atoms with Gasteiger partial charge in [0.15, 0.2) is 0 Å². The SMILES string of the molecule is Cc1cc(C(=O)O)ccc1CCC(=O)N1CCC(CN(C(=O)OC(C)(C)C)C2CC2)CC1.[Li+].[OH-]. The number of likely N-dealkylation sites (tertiary alicyclic amines) is 1. The second-order valence-electron chi connectivity index (χ2n) is 10.1. The van der Waals surface area contributed by atoms with Gasteiger partial charge in [0.1, 0.15) is 5.60 Å². The van der Waals surface area contributed by atoms with E-state index >= 15 is 0 Å². The van der Waals surface area contributed by atoms with E-state index in [-0.39, 0.29) is 41.9 Å². The fraction of sp³-hybridized carbons (Fsp3) is 0.640. The minimum Gasteiger partial charge on any atom is -0.870 e. The van der Waals surface area contributed by atoms with Gasteiger partial charge in [-0.3, -0.25) is 4.79 Å². The zero-order valence-corrected chi connectivity index (χ0v) is 21.2. The topological polar surface area (TPSA) is 117 Å². The molecule has 0 atom stereocenters. The molecule has 9 heteroatoms. The number of rotatable bonds is 7. The van der Waals surface area contributed by atoms with Gasteiger partial charge in [-0.1, -0.05) is 6.07 Å². The number of aryl methyl sites for hydroxylation is 2. The van der Waals surface area contributed by atoms with Crippen LogP contribution in [0.25, 0.3) is 0 Å². The summed E-state index contributed by atoms with van der Waals surface area (Å²) in [7, 11) is 0. The minimum absolute atomic E-state index is 0. The van der Waals surface area contributed by atoms with E-state index in [1.54, 1.807) is 18.2 Å². The second-order valence-corrected chi connectivity index (χ2v) is 10.1. The van der Waals surface area contributed by atoms with E-state index in [2.05, 4.69) is 0 Å². The Morgan fingerprint density at radius 3 is 2.24 bits per heavy atom. The zero-order chi connectivity index (χ0) is 23.5. The quantitative estimate of drug-likeness (QED) is 0.599. The molecule has 1 aliphatic heterocycles. The van der Waals surface area contributed by atoms with Gasteiger partial charge in [-0.25, -0.2) is 9.59 Å². The predicted octanol–water partition coefficient (Wildman–Crippen LogP) is 1.09. The van der Waals surface area contributed by atoms with Crippen LogP contribution in [-0.4, -0.2) is 69.6 Å². The van der Waals surface area contributed by atoms with Crippen LogP contribution < -0.4 is 18.9 Å². The van der Waals surface area contributed by atoms with Gasteiger partial charge in [0.25, 0.3) is 0 Å². The van der Waals surface area contributed by atoms with Crippen molar-refractivity contribution in [3.63, 3.8) is 0 Å². The van der Waals surface area contributed by atoms with Crippen LogP contribution >= 0.6 is 0 Å². The molecule has 3 rings (SSSR count). The number of carboxylic acids is 1. The minimum atomic E-state index is -0.939. The van der Waals surface area contributed by atoms with E-state index in [4.69, 9.17) is 9.84 Å². The van der Waals surface area contributed by atoms with Crippen molar-refractivity contribution < 1.29 is 48.6 Å². The van der Waals surface area contributed by atoms with E-state index in [0.29, 0.717) is 44.4 Å². The number of amides is 2. The number of benzene rings is 1. The van der Waals surface area contributed by atoms with Gasteiger partial charge < -0.3 is 25.1 Å². The largest absolute Gasteiger partial charge is 1.00 e. The molecule has 184 valence electrons. The van der Waals surface area contributed by atoms with Crippen LogP contribution in [0, 0.1) is 12.8 Å². The van der Waals surface area contributed by atoms with Gasteiger partial charge in [0.05, 0.1) is 5.56 Å². The summed E-state index contributed by atoms with van der Waals surface area (Å²) >= 11 is 0. The Kier molecular flexibility index (Phi) is 11.1. The molecule has 34 heavy (non-hydrogen) atoms. The molecular formula is C25H37LiN2O6. The molecule has 0 unspecified atom stereocenters. The van der Waals surface area contributed by atoms with Crippen LogP contribution in [0.5, 0.6) is 0 Å². The molecular weight excluding hydrogens is 431 g/mol. The first-order valence-electron chi connectivity index (χ1n) is 11.6. The molecule has 1 heterocycles. The Bertz CT molecular complexity index is 857. The van der Waals surface area contributed by atoms with E-state index < -0.39 is 11.6 Å². The fourth-order valence-electron chi connectivity index (χ4n) is 4.23. The molecule has 2 fully saturated rings. The molecule has 1 aliphatic carbocycles. The number of aromatic carboxylic acids is 1. The Labute approximate surface area is 214 Å². The van der Waals surface area contributed by atoms with Gasteiger partial charge in [-0.05, 0) is 89.0 Å². The van der Waals surface area contributed by atoms with E-state index in [0.717, 1.165) is 36.8 Å². The molecule has 1 saturated heterocycles. The molecule has 1 saturated carbocycles. The Morgan fingerprint density at radius 2 is 1.74 bits per heavy atom. The predicted molar refractivity (Wildman–Crippen MR) is 124 cm³/mol. The molecule has 1 aromatic carbocycles. The van der Waals surface area contributed by atoms with E-state index in [9.17, 15) is 14.4 Å². The fourth-order valence-corrected chi connectivity index (χ4v) is 4.23. The number of carboxylic acid groups (broad SMARTS) is 1. The van der Waals surface area contributed by atoms with Crippen molar-refractivity contribution in [1.29, 1.82) is 0 Å². The Morgan fingerprint density at radius 1 is 1.12 bits per heavy atom. The molecule has 2 N–H and O–H groups in total. The van der Waals surface area contributed by atoms with E-state index in [1.807, 2.05) is 37.5 Å². The summed E-state index contributed by atoms with van der Waals surface area (Å²) in [6.07, 6.45) is 4.69. The molecule has 1 aromatic rings. The van der Waals surface area contributed by atoms with Crippen molar-refractivity contribution >= 4 is 18.0 Å². The monoisotopic (exact) mass is 468 g/mol. The first-order chi connectivity index (χ1) is 15.0. The molecule has 0 spiro atoms. The summed E-state index contributed by atoms with van der Waals surface area (Å²) in [5.74, 6) is -0.417. The number of hydrogen-bond donors (Lipinski definition) is 1. The first kappa shape index (κ1) is 30.0. The number of carbonyl (C=O) groups is 3. The van der Waals surface area contributed by atoms with E-state index in [1.165, 1.54) is 0 Å². The van der Waals surface area contributed by atoms with Gasteiger partial charge in [0, 0.05) is 32.1 Å². The number of piperidine rings is 1. The van der Waals surface area contributed by atoms with Crippen LogP contribution in [0.15, 0.2) is 18.2 Å². The van der Waals surface area contributed by atoms with Crippen molar-refractivity contribution in [2.24, 2.45) is 5.92 Å². The van der Waals surface area contributed by atoms with Crippen LogP contribution in [0.4, 0.5) is 4.79 Å². The summed E-state index contributed by atoms with van der Waals surface area (Å²) in [4.78, 5) is 40.2. The molecule has 2 amide bonds. The third-order valence-corrected chi connectivity index (χ3v) is 6.24. The summed E-state index contributed by atoms with van der Waals surface area (Å²) in [6.45, 7) is 9.69. The maximum atomic E-state index is 12.7. The van der Waals surface area contributed by atoms with Crippen molar-refractivity contribution in [3.8, 4) is 0 Å². The maximum absolute atomic E-state index is 12.7.